The summed E-state index contributed by atoms with van der Waals surface area (Å²) in [5, 5.41) is 30.2. The SMILES string of the molecule is CC(O)c1ccc(PCl)c(C(C)O)c1C(C)O. The second-order valence-electron chi connectivity index (χ2n) is 4.15. The topological polar surface area (TPSA) is 60.7 Å². The minimum Gasteiger partial charge on any atom is -0.389 e. The summed E-state index contributed by atoms with van der Waals surface area (Å²) in [6.07, 6.45) is -2.17. The second kappa shape index (κ2) is 6.12. The molecule has 1 aromatic rings. The Bertz CT molecular complexity index is 392. The first-order chi connectivity index (χ1) is 7.90. The van der Waals surface area contributed by atoms with Crippen LogP contribution in [0.25, 0.3) is 0 Å². The van der Waals surface area contributed by atoms with E-state index in [-0.39, 0.29) is 7.93 Å². The lowest BCUT2D eigenvalue weighted by Gasteiger charge is -2.23. The van der Waals surface area contributed by atoms with Gasteiger partial charge in [0, 0.05) is 7.93 Å². The molecule has 3 nitrogen and oxygen atoms in total. The highest BCUT2D eigenvalue weighted by Crippen LogP contribution is 2.33. The van der Waals surface area contributed by atoms with Crippen LogP contribution in [0.2, 0.25) is 0 Å². The van der Waals surface area contributed by atoms with Gasteiger partial charge in [0.05, 0.1) is 18.3 Å². The van der Waals surface area contributed by atoms with Crippen LogP contribution in [0.4, 0.5) is 0 Å². The Balaban J connectivity index is 3.53. The Kier molecular flexibility index (Phi) is 5.36. The molecule has 4 atom stereocenters. The Labute approximate surface area is 108 Å². The molecule has 4 unspecified atom stereocenters. The standard InChI is InChI=1S/C12H18ClO3P/c1-6(14)9-4-5-10(17-13)12(8(3)16)11(9)7(2)15/h4-8,14-17H,1-3H3. The predicted molar refractivity (Wildman–Crippen MR) is 72.1 cm³/mol. The van der Waals surface area contributed by atoms with Gasteiger partial charge in [0.15, 0.2) is 0 Å². The van der Waals surface area contributed by atoms with Crippen molar-refractivity contribution in [1.29, 1.82) is 0 Å². The summed E-state index contributed by atoms with van der Waals surface area (Å²) in [6.45, 7) is 4.89. The van der Waals surface area contributed by atoms with E-state index in [1.807, 2.05) is 0 Å². The summed E-state index contributed by atoms with van der Waals surface area (Å²) in [7, 11) is 0.0202. The fourth-order valence-corrected chi connectivity index (χ4v) is 3.10. The quantitative estimate of drug-likeness (QED) is 0.740. The van der Waals surface area contributed by atoms with Gasteiger partial charge in [-0.25, -0.2) is 0 Å². The van der Waals surface area contributed by atoms with Gasteiger partial charge in [-0.2, -0.15) is 0 Å². The first kappa shape index (κ1) is 14.9. The molecule has 1 aromatic carbocycles. The van der Waals surface area contributed by atoms with E-state index in [1.165, 1.54) is 0 Å². The van der Waals surface area contributed by atoms with E-state index in [0.717, 1.165) is 5.30 Å². The molecule has 0 aliphatic carbocycles. The van der Waals surface area contributed by atoms with Crippen molar-refractivity contribution in [2.45, 2.75) is 39.1 Å². The van der Waals surface area contributed by atoms with Crippen LogP contribution in [0, 0.1) is 0 Å². The molecule has 3 N–H and O–H groups in total. The molecule has 5 heteroatoms. The van der Waals surface area contributed by atoms with Crippen molar-refractivity contribution in [2.75, 3.05) is 0 Å². The van der Waals surface area contributed by atoms with Crippen molar-refractivity contribution in [2.24, 2.45) is 0 Å². The van der Waals surface area contributed by atoms with Crippen molar-refractivity contribution in [3.63, 3.8) is 0 Å². The molecule has 0 fully saturated rings. The van der Waals surface area contributed by atoms with E-state index in [9.17, 15) is 15.3 Å². The third kappa shape index (κ3) is 3.18. The molecule has 0 aliphatic heterocycles. The maximum Gasteiger partial charge on any atom is 0.0772 e. The number of hydrogen-bond donors (Lipinski definition) is 3. The zero-order valence-corrected chi connectivity index (χ0v) is 11.9. The van der Waals surface area contributed by atoms with Gasteiger partial charge < -0.3 is 15.3 Å². The van der Waals surface area contributed by atoms with E-state index in [0.29, 0.717) is 16.7 Å². The Morgan fingerprint density at radius 2 is 1.47 bits per heavy atom. The molecule has 0 aromatic heterocycles. The lowest BCUT2D eigenvalue weighted by atomic mass is 9.92. The van der Waals surface area contributed by atoms with Crippen LogP contribution in [0.3, 0.4) is 0 Å². The smallest absolute Gasteiger partial charge is 0.0772 e. The van der Waals surface area contributed by atoms with Gasteiger partial charge in [0.2, 0.25) is 0 Å². The maximum absolute atomic E-state index is 9.84. The number of aliphatic hydroxyl groups is 3. The molecule has 1 rings (SSSR count). The number of halogens is 1. The van der Waals surface area contributed by atoms with Crippen molar-refractivity contribution in [3.05, 3.63) is 28.8 Å². The number of aliphatic hydroxyl groups excluding tert-OH is 3. The highest BCUT2D eigenvalue weighted by molar-refractivity contribution is 7.75. The minimum atomic E-state index is -0.753. The molecule has 0 saturated carbocycles. The van der Waals surface area contributed by atoms with Crippen LogP contribution in [-0.4, -0.2) is 15.3 Å². The second-order valence-corrected chi connectivity index (χ2v) is 5.45. The zero-order valence-electron chi connectivity index (χ0n) is 10.1. The van der Waals surface area contributed by atoms with Crippen molar-refractivity contribution in [1.82, 2.24) is 0 Å². The molecule has 96 valence electrons. The molecule has 0 amide bonds. The summed E-state index contributed by atoms with van der Waals surface area (Å²) in [5.74, 6) is 0. The van der Waals surface area contributed by atoms with Crippen LogP contribution >= 0.6 is 19.2 Å². The largest absolute Gasteiger partial charge is 0.389 e. The number of rotatable bonds is 4. The summed E-state index contributed by atoms with van der Waals surface area (Å²) in [6, 6.07) is 3.55. The fourth-order valence-electron chi connectivity index (χ4n) is 2.02. The maximum atomic E-state index is 9.84. The van der Waals surface area contributed by atoms with Crippen molar-refractivity contribution < 1.29 is 15.3 Å². The van der Waals surface area contributed by atoms with E-state index < -0.39 is 18.3 Å². The van der Waals surface area contributed by atoms with Crippen molar-refractivity contribution >= 4 is 24.5 Å². The molecule has 17 heavy (non-hydrogen) atoms. The Morgan fingerprint density at radius 1 is 0.941 bits per heavy atom. The summed E-state index contributed by atoms with van der Waals surface area (Å²) in [5.41, 5.74) is 1.85. The Hall–Kier alpha value is -0.180. The first-order valence-corrected chi connectivity index (χ1v) is 7.48. The van der Waals surface area contributed by atoms with Crippen LogP contribution < -0.4 is 5.30 Å². The average Bonchev–Trinajstić information content (AvgIpc) is 2.26. The van der Waals surface area contributed by atoms with Crippen LogP contribution in [0.5, 0.6) is 0 Å². The predicted octanol–water partition coefficient (Wildman–Crippen LogP) is 2.30. The molecule has 0 bridgehead atoms. The molecular formula is C12H18ClO3P. The highest BCUT2D eigenvalue weighted by atomic mass is 35.7. The Morgan fingerprint density at radius 3 is 1.82 bits per heavy atom. The number of benzene rings is 1. The summed E-state index contributed by atoms with van der Waals surface area (Å²) < 4.78 is 0. The lowest BCUT2D eigenvalue weighted by molar-refractivity contribution is 0.163. The molecule has 0 aliphatic rings. The minimum absolute atomic E-state index is 0.0202. The van der Waals surface area contributed by atoms with Crippen molar-refractivity contribution in [3.8, 4) is 0 Å². The monoisotopic (exact) mass is 276 g/mol. The van der Waals surface area contributed by atoms with Crippen LogP contribution in [0.15, 0.2) is 12.1 Å². The fraction of sp³-hybridized carbons (Fsp3) is 0.500. The van der Waals surface area contributed by atoms with Gasteiger partial charge in [-0.15, -0.1) is 0 Å². The van der Waals surface area contributed by atoms with Gasteiger partial charge in [-0.05, 0) is 42.8 Å². The van der Waals surface area contributed by atoms with E-state index in [2.05, 4.69) is 0 Å². The lowest BCUT2D eigenvalue weighted by Crippen LogP contribution is -2.16. The normalized spacial score (nSPS) is 17.4. The van der Waals surface area contributed by atoms with Gasteiger partial charge in [0.25, 0.3) is 0 Å². The highest BCUT2D eigenvalue weighted by Gasteiger charge is 2.21. The van der Waals surface area contributed by atoms with Crippen LogP contribution in [0.1, 0.15) is 55.8 Å². The third-order valence-electron chi connectivity index (χ3n) is 2.71. The summed E-state index contributed by atoms with van der Waals surface area (Å²) in [4.78, 5) is 0. The number of hydrogen-bond acceptors (Lipinski definition) is 3. The first-order valence-electron chi connectivity index (χ1n) is 5.47. The molecule has 0 heterocycles. The van der Waals surface area contributed by atoms with E-state index in [4.69, 9.17) is 11.2 Å². The molecule has 0 spiro atoms. The van der Waals surface area contributed by atoms with Gasteiger partial charge in [0.1, 0.15) is 0 Å². The van der Waals surface area contributed by atoms with E-state index >= 15 is 0 Å². The van der Waals surface area contributed by atoms with Gasteiger partial charge >= 0.3 is 0 Å². The zero-order chi connectivity index (χ0) is 13.2. The molecular weight excluding hydrogens is 259 g/mol. The summed E-state index contributed by atoms with van der Waals surface area (Å²) >= 11 is 5.86. The van der Waals surface area contributed by atoms with Gasteiger partial charge in [-0.3, -0.25) is 0 Å². The third-order valence-corrected chi connectivity index (χ3v) is 3.96. The van der Waals surface area contributed by atoms with Gasteiger partial charge in [-0.1, -0.05) is 23.4 Å². The van der Waals surface area contributed by atoms with Crippen LogP contribution in [-0.2, 0) is 0 Å². The van der Waals surface area contributed by atoms with E-state index in [1.54, 1.807) is 32.9 Å². The molecule has 0 saturated heterocycles. The molecule has 0 radical (unpaired) electrons. The average molecular weight is 277 g/mol.